The van der Waals surface area contributed by atoms with E-state index in [0.717, 1.165) is 34.7 Å². The van der Waals surface area contributed by atoms with Gasteiger partial charge in [0.25, 0.3) is 5.91 Å². The van der Waals surface area contributed by atoms with Crippen LogP contribution in [0.4, 0.5) is 10.7 Å². The van der Waals surface area contributed by atoms with E-state index in [-0.39, 0.29) is 17.7 Å². The highest BCUT2D eigenvalue weighted by molar-refractivity contribution is 7.18. The number of ether oxygens (including phenoxy) is 1. The van der Waals surface area contributed by atoms with Gasteiger partial charge in [0.15, 0.2) is 0 Å². The van der Waals surface area contributed by atoms with Gasteiger partial charge in [-0.25, -0.2) is 0 Å². The summed E-state index contributed by atoms with van der Waals surface area (Å²) >= 11 is 1.31. The topological polar surface area (TPSA) is 67.4 Å². The largest absolute Gasteiger partial charge is 0.377 e. The highest BCUT2D eigenvalue weighted by atomic mass is 32.1. The molecule has 1 aromatic carbocycles. The van der Waals surface area contributed by atoms with Gasteiger partial charge in [0.1, 0.15) is 0 Å². The zero-order chi connectivity index (χ0) is 17.8. The lowest BCUT2D eigenvalue weighted by Crippen LogP contribution is -2.13. The maximum atomic E-state index is 12.7. The van der Waals surface area contributed by atoms with Crippen LogP contribution in [-0.4, -0.2) is 18.4 Å². The molecule has 1 aliphatic rings. The van der Waals surface area contributed by atoms with Gasteiger partial charge in [-0.15, -0.1) is 11.3 Å². The van der Waals surface area contributed by atoms with Gasteiger partial charge < -0.3 is 15.4 Å². The number of thiophene rings is 1. The van der Waals surface area contributed by atoms with Gasteiger partial charge >= 0.3 is 0 Å². The number of amides is 2. The number of hydrogen-bond donors (Lipinski definition) is 2. The number of anilines is 2. The van der Waals surface area contributed by atoms with Crippen LogP contribution in [0.15, 0.2) is 30.3 Å². The second kappa shape index (κ2) is 7.80. The minimum atomic E-state index is -0.168. The van der Waals surface area contributed by atoms with E-state index in [1.165, 1.54) is 11.3 Å². The standard InChI is InChI=1S/C19H22N2O3S/c1-3-24-11-14-6-4-5-7-15(14)20-19(23)17-12(2)10-16(25-17)21-18(22)13-8-9-13/h4-7,10,13H,3,8-9,11H2,1-2H3,(H,20,23)(H,21,22). The first-order valence-corrected chi connectivity index (χ1v) is 9.28. The summed E-state index contributed by atoms with van der Waals surface area (Å²) in [5, 5.41) is 6.58. The van der Waals surface area contributed by atoms with Crippen LogP contribution in [0.1, 0.15) is 40.6 Å². The van der Waals surface area contributed by atoms with Crippen molar-refractivity contribution in [3.05, 3.63) is 46.3 Å². The summed E-state index contributed by atoms with van der Waals surface area (Å²) in [5.74, 6) is 0.0266. The van der Waals surface area contributed by atoms with Crippen LogP contribution in [0.3, 0.4) is 0 Å². The predicted octanol–water partition coefficient (Wildman–Crippen LogP) is 4.19. The highest BCUT2D eigenvalue weighted by Crippen LogP contribution is 2.33. The molecule has 0 aliphatic heterocycles. The van der Waals surface area contributed by atoms with Gasteiger partial charge in [-0.2, -0.15) is 0 Å². The molecule has 6 heteroatoms. The number of benzene rings is 1. The zero-order valence-corrected chi connectivity index (χ0v) is 15.2. The first-order chi connectivity index (χ1) is 12.1. The average molecular weight is 358 g/mol. The Morgan fingerprint density at radius 2 is 2.00 bits per heavy atom. The van der Waals surface area contributed by atoms with E-state index in [1.807, 2.05) is 44.2 Å². The maximum absolute atomic E-state index is 12.7. The van der Waals surface area contributed by atoms with E-state index >= 15 is 0 Å². The number of para-hydroxylation sites is 1. The number of rotatable bonds is 7. The Hall–Kier alpha value is -2.18. The van der Waals surface area contributed by atoms with Crippen molar-refractivity contribution in [1.29, 1.82) is 0 Å². The van der Waals surface area contributed by atoms with E-state index in [0.29, 0.717) is 18.1 Å². The number of carbonyl (C=O) groups excluding carboxylic acids is 2. The summed E-state index contributed by atoms with van der Waals surface area (Å²) in [5.41, 5.74) is 2.54. The van der Waals surface area contributed by atoms with Crippen molar-refractivity contribution < 1.29 is 14.3 Å². The molecule has 0 atom stereocenters. The van der Waals surface area contributed by atoms with Gasteiger partial charge in [0.05, 0.1) is 16.5 Å². The molecular weight excluding hydrogens is 336 g/mol. The van der Waals surface area contributed by atoms with Crippen molar-refractivity contribution in [1.82, 2.24) is 0 Å². The van der Waals surface area contributed by atoms with Crippen molar-refractivity contribution in [2.24, 2.45) is 5.92 Å². The van der Waals surface area contributed by atoms with Gasteiger partial charge in [0.2, 0.25) is 5.91 Å². The molecule has 25 heavy (non-hydrogen) atoms. The Kier molecular flexibility index (Phi) is 5.50. The molecule has 0 saturated heterocycles. The van der Waals surface area contributed by atoms with Gasteiger partial charge in [-0.3, -0.25) is 9.59 Å². The summed E-state index contributed by atoms with van der Waals surface area (Å²) in [6, 6.07) is 9.46. The smallest absolute Gasteiger partial charge is 0.266 e. The molecule has 2 amide bonds. The molecule has 1 aliphatic carbocycles. The summed E-state index contributed by atoms with van der Waals surface area (Å²) in [6.45, 7) is 4.90. The van der Waals surface area contributed by atoms with E-state index in [1.54, 1.807) is 0 Å². The summed E-state index contributed by atoms with van der Waals surface area (Å²) in [6.07, 6.45) is 1.92. The molecular formula is C19H22N2O3S. The third kappa shape index (κ3) is 4.46. The van der Waals surface area contributed by atoms with Gasteiger partial charge in [0, 0.05) is 23.8 Å². The molecule has 132 valence electrons. The van der Waals surface area contributed by atoms with Gasteiger partial charge in [-0.05, 0) is 44.4 Å². The molecule has 5 nitrogen and oxygen atoms in total. The third-order valence-electron chi connectivity index (χ3n) is 4.05. The third-order valence-corrected chi connectivity index (χ3v) is 5.20. The molecule has 0 spiro atoms. The number of aryl methyl sites for hydroxylation is 1. The van der Waals surface area contributed by atoms with Crippen LogP contribution in [0.5, 0.6) is 0 Å². The van der Waals surface area contributed by atoms with E-state index < -0.39 is 0 Å². The van der Waals surface area contributed by atoms with Crippen molar-refractivity contribution >= 4 is 33.8 Å². The SMILES string of the molecule is CCOCc1ccccc1NC(=O)c1sc(NC(=O)C2CC2)cc1C. The molecule has 2 N–H and O–H groups in total. The Morgan fingerprint density at radius 3 is 2.72 bits per heavy atom. The molecule has 1 fully saturated rings. The van der Waals surface area contributed by atoms with E-state index in [2.05, 4.69) is 10.6 Å². The van der Waals surface area contributed by atoms with Crippen LogP contribution in [-0.2, 0) is 16.1 Å². The summed E-state index contributed by atoms with van der Waals surface area (Å²) < 4.78 is 5.45. The Bertz CT molecular complexity index is 781. The molecule has 0 bridgehead atoms. The fourth-order valence-corrected chi connectivity index (χ4v) is 3.47. The van der Waals surface area contributed by atoms with Crippen molar-refractivity contribution in [3.8, 4) is 0 Å². The molecule has 3 rings (SSSR count). The minimum absolute atomic E-state index is 0.0512. The first kappa shape index (κ1) is 17.6. The minimum Gasteiger partial charge on any atom is -0.377 e. The second-order valence-corrected chi connectivity index (χ2v) is 7.19. The number of carbonyl (C=O) groups is 2. The lowest BCUT2D eigenvalue weighted by Gasteiger charge is -2.10. The van der Waals surface area contributed by atoms with Crippen molar-refractivity contribution in [2.75, 3.05) is 17.2 Å². The van der Waals surface area contributed by atoms with Gasteiger partial charge in [-0.1, -0.05) is 18.2 Å². The van der Waals surface area contributed by atoms with E-state index in [4.69, 9.17) is 4.74 Å². The lowest BCUT2D eigenvalue weighted by atomic mass is 10.2. The number of nitrogens with one attached hydrogen (secondary N) is 2. The molecule has 0 unspecified atom stereocenters. The van der Waals surface area contributed by atoms with Crippen LogP contribution < -0.4 is 10.6 Å². The zero-order valence-electron chi connectivity index (χ0n) is 14.4. The highest BCUT2D eigenvalue weighted by Gasteiger charge is 2.30. The van der Waals surface area contributed by atoms with Crippen LogP contribution >= 0.6 is 11.3 Å². The molecule has 1 aromatic heterocycles. The predicted molar refractivity (Wildman–Crippen MR) is 100 cm³/mol. The van der Waals surface area contributed by atoms with Crippen molar-refractivity contribution in [3.63, 3.8) is 0 Å². The fraction of sp³-hybridized carbons (Fsp3) is 0.368. The molecule has 1 heterocycles. The van der Waals surface area contributed by atoms with E-state index in [9.17, 15) is 9.59 Å². The Labute approximate surface area is 151 Å². The molecule has 1 saturated carbocycles. The summed E-state index contributed by atoms with van der Waals surface area (Å²) in [7, 11) is 0. The van der Waals surface area contributed by atoms with Crippen LogP contribution in [0, 0.1) is 12.8 Å². The van der Waals surface area contributed by atoms with Crippen LogP contribution in [0.25, 0.3) is 0 Å². The Balaban J connectivity index is 1.71. The first-order valence-electron chi connectivity index (χ1n) is 8.46. The number of hydrogen-bond acceptors (Lipinski definition) is 4. The quantitative estimate of drug-likeness (QED) is 0.780. The van der Waals surface area contributed by atoms with Crippen molar-refractivity contribution in [2.45, 2.75) is 33.3 Å². The Morgan fingerprint density at radius 1 is 1.24 bits per heavy atom. The lowest BCUT2D eigenvalue weighted by molar-refractivity contribution is -0.117. The maximum Gasteiger partial charge on any atom is 0.266 e. The normalized spacial score (nSPS) is 13.5. The summed E-state index contributed by atoms with van der Waals surface area (Å²) in [4.78, 5) is 25.1. The van der Waals surface area contributed by atoms with Crippen LogP contribution in [0.2, 0.25) is 0 Å². The monoisotopic (exact) mass is 358 g/mol. The second-order valence-electron chi connectivity index (χ2n) is 6.13. The average Bonchev–Trinajstić information content (AvgIpc) is 3.38. The molecule has 2 aromatic rings. The fourth-order valence-electron chi connectivity index (χ4n) is 2.50. The molecule has 0 radical (unpaired) electrons.